The van der Waals surface area contributed by atoms with E-state index in [2.05, 4.69) is 135 Å². The fraction of sp³-hybridized carbons (Fsp3) is 0.220. The van der Waals surface area contributed by atoms with E-state index in [0.717, 1.165) is 113 Å². The lowest BCUT2D eigenvalue weighted by atomic mass is 9.70. The Hall–Kier alpha value is -6.30. The topological polar surface area (TPSA) is 85.7 Å². The van der Waals surface area contributed by atoms with Gasteiger partial charge in [0.2, 0.25) is 0 Å². The third kappa shape index (κ3) is 7.12. The van der Waals surface area contributed by atoms with E-state index in [9.17, 15) is 9.59 Å². The van der Waals surface area contributed by atoms with Crippen LogP contribution >= 0.6 is 46.1 Å². The Balaban J connectivity index is 0.998. The summed E-state index contributed by atoms with van der Waals surface area (Å²) in [4.78, 5) is 27.9. The third-order valence-corrected chi connectivity index (χ3v) is 17.8. The monoisotopic (exact) mass is 972 g/mol. The summed E-state index contributed by atoms with van der Waals surface area (Å²) in [6.45, 7) is 4.47. The molecule has 0 amide bonds. The minimum Gasteiger partial charge on any atom is -0.297 e. The van der Waals surface area contributed by atoms with E-state index in [1.54, 1.807) is 22.7 Å². The summed E-state index contributed by atoms with van der Waals surface area (Å²) < 4.78 is 19.8. The molecule has 0 saturated carbocycles. The van der Waals surface area contributed by atoms with Crippen LogP contribution in [0.5, 0.6) is 0 Å². The molecule has 1 spiro atoms. The Morgan fingerprint density at radius 2 is 0.812 bits per heavy atom. The number of thiophene rings is 2. The average Bonchev–Trinajstić information content (AvgIpc) is 4.27. The summed E-state index contributed by atoms with van der Waals surface area (Å²) in [6.07, 6.45) is 13.2. The van der Waals surface area contributed by atoms with Gasteiger partial charge in [0, 0.05) is 32.0 Å². The number of hydrogen-bond donors (Lipinski definition) is 0. The minimum absolute atomic E-state index is 0.591. The first-order valence-electron chi connectivity index (χ1n) is 24.2. The fourth-order valence-corrected chi connectivity index (χ4v) is 14.6. The van der Waals surface area contributed by atoms with Crippen molar-refractivity contribution >= 4 is 80.8 Å². The number of aldehydes is 2. The number of nitrogens with zero attached hydrogens (tertiary/aromatic N) is 4. The molecule has 0 radical (unpaired) electrons. The van der Waals surface area contributed by atoms with Gasteiger partial charge in [-0.15, -0.1) is 22.7 Å². The zero-order valence-electron chi connectivity index (χ0n) is 38.5. The number of carbonyl (C=O) groups excluding carboxylic acids is 2. The van der Waals surface area contributed by atoms with Gasteiger partial charge < -0.3 is 0 Å². The lowest BCUT2D eigenvalue weighted by molar-refractivity contribution is 0.111. The number of rotatable bonds is 16. The summed E-state index contributed by atoms with van der Waals surface area (Å²) >= 11 is 5.62. The van der Waals surface area contributed by atoms with Crippen molar-refractivity contribution in [3.63, 3.8) is 0 Å². The second-order valence-corrected chi connectivity index (χ2v) is 21.7. The van der Waals surface area contributed by atoms with Crippen molar-refractivity contribution in [2.75, 3.05) is 0 Å². The highest BCUT2D eigenvalue weighted by Gasteiger charge is 2.52. The molecule has 0 bridgehead atoms. The molecule has 6 nitrogen and oxygen atoms in total. The summed E-state index contributed by atoms with van der Waals surface area (Å²) in [6, 6.07) is 44.8. The molecule has 0 aliphatic heterocycles. The van der Waals surface area contributed by atoms with Crippen molar-refractivity contribution in [1.82, 2.24) is 17.5 Å². The van der Waals surface area contributed by atoms with Gasteiger partial charge >= 0.3 is 0 Å². The van der Waals surface area contributed by atoms with Crippen molar-refractivity contribution in [3.05, 3.63) is 164 Å². The van der Waals surface area contributed by atoms with Gasteiger partial charge in [0.1, 0.15) is 22.1 Å². The van der Waals surface area contributed by atoms with Gasteiger partial charge in [0.15, 0.2) is 12.6 Å². The smallest absolute Gasteiger partial charge is 0.160 e. The molecule has 2 aliphatic carbocycles. The molecule has 0 fully saturated rings. The molecule has 10 heteroatoms. The zero-order chi connectivity index (χ0) is 46.6. The molecule has 10 aromatic rings. The van der Waals surface area contributed by atoms with Gasteiger partial charge in [-0.05, 0) is 117 Å². The Labute approximate surface area is 418 Å². The molecule has 340 valence electrons. The number of carbonyl (C=O) groups is 2. The predicted octanol–water partition coefficient (Wildman–Crippen LogP) is 16.7. The van der Waals surface area contributed by atoms with E-state index in [1.807, 2.05) is 0 Å². The first kappa shape index (κ1) is 43.9. The summed E-state index contributed by atoms with van der Waals surface area (Å²) in [7, 11) is 0. The second-order valence-electron chi connectivity index (χ2n) is 18.5. The number of fused-ring (bicyclic) bond motifs is 12. The molecular weight excluding hydrogens is 925 g/mol. The number of hydrogen-bond acceptors (Lipinski definition) is 10. The van der Waals surface area contributed by atoms with Crippen LogP contribution in [0.15, 0.2) is 121 Å². The van der Waals surface area contributed by atoms with E-state index in [1.165, 1.54) is 118 Å². The Morgan fingerprint density at radius 1 is 0.420 bits per heavy atom. The van der Waals surface area contributed by atoms with Gasteiger partial charge in [-0.3, -0.25) is 9.59 Å². The van der Waals surface area contributed by atoms with E-state index in [4.69, 9.17) is 17.5 Å². The Morgan fingerprint density at radius 3 is 1.25 bits per heavy atom. The lowest BCUT2D eigenvalue weighted by Gasteiger charge is -2.31. The van der Waals surface area contributed by atoms with Crippen molar-refractivity contribution in [1.29, 1.82) is 0 Å². The van der Waals surface area contributed by atoms with E-state index in [0.29, 0.717) is 0 Å². The molecule has 4 aromatic heterocycles. The highest BCUT2D eigenvalue weighted by Crippen LogP contribution is 2.63. The fourth-order valence-electron chi connectivity index (χ4n) is 11.4. The number of unbranched alkanes of at least 4 members (excludes halogenated alkanes) is 6. The molecule has 69 heavy (non-hydrogen) atoms. The van der Waals surface area contributed by atoms with Gasteiger partial charge in [-0.2, -0.15) is 17.5 Å². The summed E-state index contributed by atoms with van der Waals surface area (Å²) in [5, 5.41) is 0. The van der Waals surface area contributed by atoms with E-state index < -0.39 is 5.41 Å². The maximum absolute atomic E-state index is 12.1. The maximum atomic E-state index is 12.1. The molecule has 2 aliphatic rings. The Kier molecular flexibility index (Phi) is 11.6. The van der Waals surface area contributed by atoms with Crippen LogP contribution in [0.1, 0.15) is 118 Å². The first-order valence-corrected chi connectivity index (χ1v) is 27.3. The van der Waals surface area contributed by atoms with Gasteiger partial charge in [-0.25, -0.2) is 0 Å². The number of benzene rings is 6. The molecule has 12 rings (SSSR count). The first-order chi connectivity index (χ1) is 34.0. The van der Waals surface area contributed by atoms with E-state index in [-0.39, 0.29) is 0 Å². The number of aromatic nitrogens is 4. The summed E-state index contributed by atoms with van der Waals surface area (Å²) in [5.41, 5.74) is 21.7. The maximum Gasteiger partial charge on any atom is 0.160 e. The van der Waals surface area contributed by atoms with Crippen LogP contribution in [0.3, 0.4) is 0 Å². The molecular formula is C59H48N4O2S4. The third-order valence-electron chi connectivity index (χ3n) is 14.5. The molecule has 0 unspecified atom stereocenters. The highest BCUT2D eigenvalue weighted by molar-refractivity contribution is 7.17. The van der Waals surface area contributed by atoms with Crippen molar-refractivity contribution in [2.45, 2.75) is 83.5 Å². The molecule has 4 heterocycles. The van der Waals surface area contributed by atoms with Crippen LogP contribution in [-0.2, 0) is 18.3 Å². The van der Waals surface area contributed by atoms with Crippen LogP contribution in [0, 0.1) is 0 Å². The predicted molar refractivity (Wildman–Crippen MR) is 289 cm³/mol. The molecule has 0 saturated heterocycles. The minimum atomic E-state index is -0.591. The van der Waals surface area contributed by atoms with Crippen LogP contribution < -0.4 is 0 Å². The standard InChI is InChI=1S/C59H48N4O2S4/c1-3-5-7-9-15-37-29-39(33-64)66-57(37)47-27-25-41(53-55(47)62-68-60-53)35-21-23-45-46-24-22-36(32-52(46)59(51(45)31-35)49-19-13-11-17-43(49)44-18-12-14-20-50(44)59)42-26-28-48(56-54(42)61-69-63-56)58-38(16-10-8-6-4-2)30-40(34-65)67-58/h11-14,17-34H,3-10,15-16H2,1-2H3. The second kappa shape index (κ2) is 18.2. The lowest BCUT2D eigenvalue weighted by Crippen LogP contribution is -2.26. The quantitative estimate of drug-likeness (QED) is 0.0708. The van der Waals surface area contributed by atoms with Gasteiger partial charge in [0.25, 0.3) is 0 Å². The van der Waals surface area contributed by atoms with Crippen molar-refractivity contribution in [3.8, 4) is 65.4 Å². The average molecular weight is 973 g/mol. The normalized spacial score (nSPS) is 13.0. The van der Waals surface area contributed by atoms with Crippen LogP contribution in [-0.4, -0.2) is 30.1 Å². The number of aryl methyl sites for hydroxylation is 2. The zero-order valence-corrected chi connectivity index (χ0v) is 41.8. The van der Waals surface area contributed by atoms with Gasteiger partial charge in [0.05, 0.1) is 38.6 Å². The molecule has 0 atom stereocenters. The molecule has 6 aromatic carbocycles. The highest BCUT2D eigenvalue weighted by atomic mass is 32.1. The van der Waals surface area contributed by atoms with Crippen LogP contribution in [0.25, 0.3) is 87.5 Å². The van der Waals surface area contributed by atoms with Gasteiger partial charge in [-0.1, -0.05) is 149 Å². The Bertz CT molecular complexity index is 3390. The van der Waals surface area contributed by atoms with Crippen molar-refractivity contribution in [2.24, 2.45) is 0 Å². The van der Waals surface area contributed by atoms with Crippen LogP contribution in [0.4, 0.5) is 0 Å². The largest absolute Gasteiger partial charge is 0.297 e. The summed E-state index contributed by atoms with van der Waals surface area (Å²) in [5.74, 6) is 0. The van der Waals surface area contributed by atoms with Crippen LogP contribution in [0.2, 0.25) is 0 Å². The molecule has 0 N–H and O–H groups in total. The SMILES string of the molecule is CCCCCCc1cc(C=O)sc1-c1ccc(-c2ccc3c(c2)C2(c4ccccc4-c4ccccc42)c2cc(-c4ccc(-c5sc(C=O)cc5CCCCCC)c5nsnc45)ccc2-3)c2nsnc12. The van der Waals surface area contributed by atoms with E-state index >= 15 is 0 Å². The van der Waals surface area contributed by atoms with Crippen molar-refractivity contribution < 1.29 is 9.59 Å².